The van der Waals surface area contributed by atoms with Crippen molar-refractivity contribution in [3.63, 3.8) is 0 Å². The zero-order valence-corrected chi connectivity index (χ0v) is 6.62. The molecule has 1 aliphatic rings. The van der Waals surface area contributed by atoms with Gasteiger partial charge in [-0.2, -0.15) is 0 Å². The van der Waals surface area contributed by atoms with E-state index in [0.717, 1.165) is 0 Å². The third-order valence-corrected chi connectivity index (χ3v) is 1.95. The summed E-state index contributed by atoms with van der Waals surface area (Å²) in [5.74, 6) is -1.47. The summed E-state index contributed by atoms with van der Waals surface area (Å²) in [6.45, 7) is 0.133. The lowest BCUT2D eigenvalue weighted by atomic mass is 10.2. The first-order chi connectivity index (χ1) is 6.18. The van der Waals surface area contributed by atoms with Gasteiger partial charge < -0.3 is 5.11 Å². The number of benzene rings is 1. The Bertz CT molecular complexity index is 493. The summed E-state index contributed by atoms with van der Waals surface area (Å²) in [5.41, 5.74) is 0.162. The molecule has 0 fully saturated rings. The van der Waals surface area contributed by atoms with Gasteiger partial charge >= 0.3 is 5.97 Å². The highest BCUT2D eigenvalue weighted by Gasteiger charge is 2.13. The topological polar surface area (TPSA) is 49.7 Å². The molecular formula is C9H6FNO2. The molecule has 0 unspecified atom stereocenters. The quantitative estimate of drug-likeness (QED) is 0.643. The van der Waals surface area contributed by atoms with Crippen LogP contribution in [0.4, 0.5) is 4.39 Å². The van der Waals surface area contributed by atoms with Crippen molar-refractivity contribution in [1.82, 2.24) is 0 Å². The molecule has 1 N–H and O–H groups in total. The monoisotopic (exact) mass is 179 g/mol. The maximum absolute atomic E-state index is 12.8. The Kier molecular flexibility index (Phi) is 1.62. The number of hydrogen-bond acceptors (Lipinski definition) is 2. The van der Waals surface area contributed by atoms with Gasteiger partial charge in [0.25, 0.3) is 0 Å². The first kappa shape index (κ1) is 7.91. The Morgan fingerprint density at radius 2 is 2.31 bits per heavy atom. The minimum Gasteiger partial charge on any atom is -0.478 e. The van der Waals surface area contributed by atoms with E-state index in [2.05, 4.69) is 4.99 Å². The van der Waals surface area contributed by atoms with Gasteiger partial charge in [0.15, 0.2) is 0 Å². The van der Waals surface area contributed by atoms with E-state index >= 15 is 0 Å². The van der Waals surface area contributed by atoms with Gasteiger partial charge in [0.2, 0.25) is 0 Å². The lowest BCUT2D eigenvalue weighted by Crippen LogP contribution is -2.25. The van der Waals surface area contributed by atoms with Crippen molar-refractivity contribution in [3.05, 3.63) is 34.6 Å². The Labute approximate surface area is 72.8 Å². The second kappa shape index (κ2) is 2.65. The van der Waals surface area contributed by atoms with E-state index in [0.29, 0.717) is 10.6 Å². The standard InChI is InChI=1S/C9H6FNO2/c10-5-1-2-8-6(3-5)7(4-11-8)9(12)13/h1-3H,4H2,(H,12,13). The number of aliphatic carboxylic acids is 1. The van der Waals surface area contributed by atoms with Crippen molar-refractivity contribution in [2.24, 2.45) is 4.99 Å². The van der Waals surface area contributed by atoms with Gasteiger partial charge in [0.1, 0.15) is 5.82 Å². The van der Waals surface area contributed by atoms with Crippen LogP contribution in [0.2, 0.25) is 0 Å². The molecule has 0 saturated carbocycles. The van der Waals surface area contributed by atoms with Crippen molar-refractivity contribution < 1.29 is 14.3 Å². The molecule has 0 bridgehead atoms. The van der Waals surface area contributed by atoms with E-state index in [1.807, 2.05) is 0 Å². The van der Waals surface area contributed by atoms with Crippen molar-refractivity contribution in [2.75, 3.05) is 6.54 Å². The molecule has 1 heterocycles. The Morgan fingerprint density at radius 3 is 3.00 bits per heavy atom. The van der Waals surface area contributed by atoms with E-state index in [1.165, 1.54) is 18.2 Å². The molecule has 0 saturated heterocycles. The highest BCUT2D eigenvalue weighted by atomic mass is 19.1. The number of nitrogens with zero attached hydrogens (tertiary/aromatic N) is 1. The number of fused-ring (bicyclic) bond motifs is 1. The average Bonchev–Trinajstić information content (AvgIpc) is 2.46. The predicted octanol–water partition coefficient (Wildman–Crippen LogP) is -0.306. The lowest BCUT2D eigenvalue weighted by molar-refractivity contribution is -0.130. The fourth-order valence-corrected chi connectivity index (χ4v) is 1.32. The smallest absolute Gasteiger partial charge is 0.334 e. The number of hydrogen-bond donors (Lipinski definition) is 1. The first-order valence-electron chi connectivity index (χ1n) is 3.75. The Hall–Kier alpha value is -1.71. The van der Waals surface area contributed by atoms with E-state index in [-0.39, 0.29) is 12.1 Å². The van der Waals surface area contributed by atoms with Gasteiger partial charge in [0.05, 0.1) is 17.5 Å². The normalized spacial score (nSPS) is 13.8. The summed E-state index contributed by atoms with van der Waals surface area (Å²) in [5, 5.41) is 9.68. The summed E-state index contributed by atoms with van der Waals surface area (Å²) in [6, 6.07) is 3.96. The maximum atomic E-state index is 12.8. The summed E-state index contributed by atoms with van der Waals surface area (Å²) in [6.07, 6.45) is 0. The second-order valence-electron chi connectivity index (χ2n) is 2.76. The molecule has 1 aromatic rings. The Morgan fingerprint density at radius 1 is 1.54 bits per heavy atom. The number of halogens is 1. The summed E-state index contributed by atoms with van der Waals surface area (Å²) < 4.78 is 12.8. The number of rotatable bonds is 1. The first-order valence-corrected chi connectivity index (χ1v) is 3.75. The average molecular weight is 179 g/mol. The molecule has 13 heavy (non-hydrogen) atoms. The van der Waals surface area contributed by atoms with Gasteiger partial charge in [-0.15, -0.1) is 0 Å². The van der Waals surface area contributed by atoms with E-state index in [4.69, 9.17) is 5.11 Å². The Balaban J connectivity index is 2.82. The predicted molar refractivity (Wildman–Crippen MR) is 43.1 cm³/mol. The van der Waals surface area contributed by atoms with Gasteiger partial charge in [0, 0.05) is 5.22 Å². The number of carboxylic acid groups (broad SMARTS) is 1. The van der Waals surface area contributed by atoms with E-state index in [9.17, 15) is 9.18 Å². The van der Waals surface area contributed by atoms with E-state index in [1.54, 1.807) is 0 Å². The van der Waals surface area contributed by atoms with Crippen LogP contribution in [0, 0.1) is 5.82 Å². The minimum absolute atomic E-state index is 0.133. The van der Waals surface area contributed by atoms with Crippen LogP contribution in [-0.2, 0) is 4.79 Å². The summed E-state index contributed by atoms with van der Waals surface area (Å²) >= 11 is 0. The third kappa shape index (κ3) is 1.20. The number of carboxylic acids is 1. The highest BCUT2D eigenvalue weighted by molar-refractivity contribution is 6.09. The van der Waals surface area contributed by atoms with E-state index < -0.39 is 11.8 Å². The van der Waals surface area contributed by atoms with Crippen LogP contribution in [-0.4, -0.2) is 17.6 Å². The molecule has 0 atom stereocenters. The van der Waals surface area contributed by atoms with Gasteiger partial charge in [-0.3, -0.25) is 4.99 Å². The molecule has 0 aliphatic carbocycles. The fourth-order valence-electron chi connectivity index (χ4n) is 1.32. The largest absolute Gasteiger partial charge is 0.478 e. The van der Waals surface area contributed by atoms with Crippen LogP contribution < -0.4 is 10.6 Å². The molecular weight excluding hydrogens is 173 g/mol. The fraction of sp³-hybridized carbons (Fsp3) is 0.111. The van der Waals surface area contributed by atoms with Crippen molar-refractivity contribution >= 4 is 11.5 Å². The van der Waals surface area contributed by atoms with Crippen molar-refractivity contribution in [1.29, 1.82) is 0 Å². The van der Waals surface area contributed by atoms with Crippen molar-refractivity contribution in [2.45, 2.75) is 0 Å². The van der Waals surface area contributed by atoms with Crippen LogP contribution in [0.3, 0.4) is 0 Å². The summed E-state index contributed by atoms with van der Waals surface area (Å²) in [4.78, 5) is 14.6. The molecule has 0 amide bonds. The summed E-state index contributed by atoms with van der Waals surface area (Å²) in [7, 11) is 0. The molecule has 0 aromatic heterocycles. The maximum Gasteiger partial charge on any atom is 0.334 e. The molecule has 0 radical (unpaired) electrons. The molecule has 3 nitrogen and oxygen atoms in total. The SMILES string of the molecule is O=C(O)C1=c2cc(F)ccc2=NC1. The van der Waals surface area contributed by atoms with Crippen LogP contribution in [0.25, 0.3) is 5.57 Å². The molecule has 0 spiro atoms. The van der Waals surface area contributed by atoms with Crippen LogP contribution in [0.15, 0.2) is 23.2 Å². The zero-order valence-electron chi connectivity index (χ0n) is 6.62. The molecule has 66 valence electrons. The highest BCUT2D eigenvalue weighted by Crippen LogP contribution is 1.98. The van der Waals surface area contributed by atoms with Crippen LogP contribution >= 0.6 is 0 Å². The van der Waals surface area contributed by atoms with Gasteiger partial charge in [-0.05, 0) is 18.2 Å². The molecule has 4 heteroatoms. The van der Waals surface area contributed by atoms with Crippen LogP contribution in [0.1, 0.15) is 0 Å². The minimum atomic E-state index is -1.03. The van der Waals surface area contributed by atoms with Gasteiger partial charge in [-0.1, -0.05) is 0 Å². The lowest BCUT2D eigenvalue weighted by Gasteiger charge is -1.90. The van der Waals surface area contributed by atoms with Crippen LogP contribution in [0.5, 0.6) is 0 Å². The third-order valence-electron chi connectivity index (χ3n) is 1.95. The second-order valence-corrected chi connectivity index (χ2v) is 2.76. The zero-order chi connectivity index (χ0) is 9.42. The number of carbonyl (C=O) groups is 1. The molecule has 1 aromatic carbocycles. The van der Waals surface area contributed by atoms with Gasteiger partial charge in [-0.25, -0.2) is 9.18 Å². The molecule has 2 rings (SSSR count). The van der Waals surface area contributed by atoms with Crippen molar-refractivity contribution in [3.8, 4) is 0 Å². The molecule has 1 aliphatic heterocycles.